The normalized spacial score (nSPS) is 10.6. The molecule has 19 heavy (non-hydrogen) atoms. The van der Waals surface area contributed by atoms with Crippen molar-refractivity contribution in [2.75, 3.05) is 0 Å². The summed E-state index contributed by atoms with van der Waals surface area (Å²) in [6.45, 7) is 2.06. The number of hydrogen-bond acceptors (Lipinski definition) is 2. The van der Waals surface area contributed by atoms with E-state index in [4.69, 9.17) is 4.42 Å². The number of halogens is 1. The molecule has 0 N–H and O–H groups in total. The maximum absolute atomic E-state index is 5.87. The Labute approximate surface area is 120 Å². The van der Waals surface area contributed by atoms with Gasteiger partial charge >= 0.3 is 0 Å². The average molecular weight is 314 g/mol. The lowest BCUT2D eigenvalue weighted by Crippen LogP contribution is -1.77. The van der Waals surface area contributed by atoms with Crippen molar-refractivity contribution in [1.29, 1.82) is 0 Å². The van der Waals surface area contributed by atoms with Gasteiger partial charge < -0.3 is 4.42 Å². The SMILES string of the molecule is Cc1ccc(-c2nc(Br)c(-c3ccccc3)o2)cc1. The van der Waals surface area contributed by atoms with E-state index >= 15 is 0 Å². The van der Waals surface area contributed by atoms with Gasteiger partial charge in [-0.1, -0.05) is 48.0 Å². The molecule has 0 aliphatic rings. The van der Waals surface area contributed by atoms with E-state index in [0.29, 0.717) is 5.89 Å². The predicted molar refractivity (Wildman–Crippen MR) is 79.8 cm³/mol. The summed E-state index contributed by atoms with van der Waals surface area (Å²) in [4.78, 5) is 4.44. The van der Waals surface area contributed by atoms with Crippen LogP contribution in [0.15, 0.2) is 63.6 Å². The van der Waals surface area contributed by atoms with Gasteiger partial charge in [-0.15, -0.1) is 0 Å². The fourth-order valence-corrected chi connectivity index (χ4v) is 2.36. The summed E-state index contributed by atoms with van der Waals surface area (Å²) in [6, 6.07) is 18.1. The summed E-state index contributed by atoms with van der Waals surface area (Å²) in [5.41, 5.74) is 3.21. The van der Waals surface area contributed by atoms with Gasteiger partial charge in [0.05, 0.1) is 0 Å². The Balaban J connectivity index is 2.04. The summed E-state index contributed by atoms with van der Waals surface area (Å²) in [5.74, 6) is 1.39. The quantitative estimate of drug-likeness (QED) is 0.659. The Kier molecular flexibility index (Phi) is 3.22. The summed E-state index contributed by atoms with van der Waals surface area (Å²) in [5, 5.41) is 0. The number of oxazole rings is 1. The zero-order valence-electron chi connectivity index (χ0n) is 10.4. The van der Waals surface area contributed by atoms with Gasteiger partial charge in [-0.3, -0.25) is 0 Å². The summed E-state index contributed by atoms with van der Waals surface area (Å²) < 4.78 is 6.60. The van der Waals surface area contributed by atoms with E-state index in [1.807, 2.05) is 42.5 Å². The van der Waals surface area contributed by atoms with E-state index in [9.17, 15) is 0 Å². The smallest absolute Gasteiger partial charge is 0.227 e. The van der Waals surface area contributed by atoms with Gasteiger partial charge in [0.15, 0.2) is 10.4 Å². The molecular formula is C16H12BrNO. The Morgan fingerprint density at radius 1 is 0.895 bits per heavy atom. The second-order valence-electron chi connectivity index (χ2n) is 4.37. The first kappa shape index (κ1) is 12.2. The zero-order valence-corrected chi connectivity index (χ0v) is 12.0. The number of aromatic nitrogens is 1. The molecule has 0 saturated carbocycles. The third kappa shape index (κ3) is 2.47. The minimum Gasteiger partial charge on any atom is -0.435 e. The van der Waals surface area contributed by atoms with Crippen molar-refractivity contribution < 1.29 is 4.42 Å². The number of rotatable bonds is 2. The van der Waals surface area contributed by atoms with E-state index < -0.39 is 0 Å². The lowest BCUT2D eigenvalue weighted by atomic mass is 10.1. The number of benzene rings is 2. The fraction of sp³-hybridized carbons (Fsp3) is 0.0625. The molecule has 0 unspecified atom stereocenters. The zero-order chi connectivity index (χ0) is 13.2. The highest BCUT2D eigenvalue weighted by atomic mass is 79.9. The molecule has 0 fully saturated rings. The maximum Gasteiger partial charge on any atom is 0.227 e. The van der Waals surface area contributed by atoms with Crippen molar-refractivity contribution >= 4 is 15.9 Å². The molecule has 3 rings (SSSR count). The molecule has 0 spiro atoms. The van der Waals surface area contributed by atoms with Gasteiger partial charge in [-0.25, -0.2) is 4.98 Å². The van der Waals surface area contributed by atoms with Crippen LogP contribution in [0.5, 0.6) is 0 Å². The van der Waals surface area contributed by atoms with Crippen LogP contribution in [0.2, 0.25) is 0 Å². The van der Waals surface area contributed by atoms with Gasteiger partial charge in [0.25, 0.3) is 0 Å². The van der Waals surface area contributed by atoms with Crippen LogP contribution in [0, 0.1) is 6.92 Å². The number of aryl methyl sites for hydroxylation is 1. The first-order valence-electron chi connectivity index (χ1n) is 6.03. The fourth-order valence-electron chi connectivity index (χ4n) is 1.89. The van der Waals surface area contributed by atoms with Gasteiger partial charge in [0, 0.05) is 11.1 Å². The van der Waals surface area contributed by atoms with Crippen LogP contribution in [0.25, 0.3) is 22.8 Å². The van der Waals surface area contributed by atoms with E-state index in [1.165, 1.54) is 5.56 Å². The first-order valence-corrected chi connectivity index (χ1v) is 6.82. The van der Waals surface area contributed by atoms with Crippen LogP contribution in [-0.4, -0.2) is 4.98 Å². The second kappa shape index (κ2) is 5.02. The molecule has 0 atom stereocenters. The number of hydrogen-bond donors (Lipinski definition) is 0. The topological polar surface area (TPSA) is 26.0 Å². The molecule has 0 aliphatic carbocycles. The monoisotopic (exact) mass is 313 g/mol. The minimum atomic E-state index is 0.630. The van der Waals surface area contributed by atoms with Crippen molar-refractivity contribution in [3.63, 3.8) is 0 Å². The van der Waals surface area contributed by atoms with Crippen LogP contribution >= 0.6 is 15.9 Å². The van der Waals surface area contributed by atoms with Crippen LogP contribution in [0.1, 0.15) is 5.56 Å². The van der Waals surface area contributed by atoms with Crippen LogP contribution < -0.4 is 0 Å². The molecule has 0 saturated heterocycles. The second-order valence-corrected chi connectivity index (χ2v) is 5.12. The molecule has 94 valence electrons. The third-order valence-corrected chi connectivity index (χ3v) is 3.46. The molecule has 2 nitrogen and oxygen atoms in total. The van der Waals surface area contributed by atoms with Gasteiger partial charge in [0.2, 0.25) is 5.89 Å². The molecule has 0 bridgehead atoms. The Hall–Kier alpha value is -1.87. The Bertz CT molecular complexity index is 687. The van der Waals surface area contributed by atoms with Gasteiger partial charge in [-0.2, -0.15) is 0 Å². The molecule has 2 aromatic carbocycles. The van der Waals surface area contributed by atoms with Crippen LogP contribution in [0.4, 0.5) is 0 Å². The minimum absolute atomic E-state index is 0.630. The highest BCUT2D eigenvalue weighted by molar-refractivity contribution is 9.10. The van der Waals surface area contributed by atoms with Crippen molar-refractivity contribution in [2.24, 2.45) is 0 Å². The molecule has 0 aliphatic heterocycles. The standard InChI is InChI=1S/C16H12BrNO/c1-11-7-9-13(10-8-11)16-18-15(17)14(19-16)12-5-3-2-4-6-12/h2-10H,1H3. The molecule has 1 heterocycles. The van der Waals surface area contributed by atoms with Gasteiger partial charge in [-0.05, 0) is 35.0 Å². The molecule has 3 aromatic rings. The Morgan fingerprint density at radius 2 is 1.58 bits per heavy atom. The van der Waals surface area contributed by atoms with Crippen LogP contribution in [-0.2, 0) is 0 Å². The summed E-state index contributed by atoms with van der Waals surface area (Å²) in [6.07, 6.45) is 0. The number of nitrogens with zero attached hydrogens (tertiary/aromatic N) is 1. The van der Waals surface area contributed by atoms with E-state index in [0.717, 1.165) is 21.5 Å². The maximum atomic E-state index is 5.87. The lowest BCUT2D eigenvalue weighted by molar-refractivity contribution is 0.588. The largest absolute Gasteiger partial charge is 0.435 e. The third-order valence-electron chi connectivity index (χ3n) is 2.92. The van der Waals surface area contributed by atoms with E-state index in [2.05, 4.69) is 40.0 Å². The highest BCUT2D eigenvalue weighted by Crippen LogP contribution is 2.32. The van der Waals surface area contributed by atoms with Crippen molar-refractivity contribution in [3.8, 4) is 22.8 Å². The summed E-state index contributed by atoms with van der Waals surface area (Å²) >= 11 is 3.46. The predicted octanol–water partition coefficient (Wildman–Crippen LogP) is 5.08. The van der Waals surface area contributed by atoms with Crippen molar-refractivity contribution in [1.82, 2.24) is 4.98 Å². The Morgan fingerprint density at radius 3 is 2.26 bits per heavy atom. The van der Waals surface area contributed by atoms with Crippen molar-refractivity contribution in [2.45, 2.75) is 6.92 Å². The summed E-state index contributed by atoms with van der Waals surface area (Å²) in [7, 11) is 0. The van der Waals surface area contributed by atoms with Gasteiger partial charge in [0.1, 0.15) is 0 Å². The molecule has 0 radical (unpaired) electrons. The average Bonchev–Trinajstić information content (AvgIpc) is 2.83. The molecular weight excluding hydrogens is 302 g/mol. The van der Waals surface area contributed by atoms with E-state index in [1.54, 1.807) is 0 Å². The lowest BCUT2D eigenvalue weighted by Gasteiger charge is -1.97. The highest BCUT2D eigenvalue weighted by Gasteiger charge is 2.13. The van der Waals surface area contributed by atoms with E-state index in [-0.39, 0.29) is 0 Å². The first-order chi connectivity index (χ1) is 9.24. The molecule has 1 aromatic heterocycles. The van der Waals surface area contributed by atoms with Crippen molar-refractivity contribution in [3.05, 3.63) is 64.8 Å². The molecule has 0 amide bonds. The molecule has 3 heteroatoms. The van der Waals surface area contributed by atoms with Crippen LogP contribution in [0.3, 0.4) is 0 Å².